The number of amides is 3. The SMILES string of the molecule is O=C(C[C@H]1CC=CC[C@@H](NC(=O)OCc2ccccc2)C(=O)OC[C@H](Cc2ccc(OCc3ccccc3)cc2)NC1=O)NC1(CO)CCCC1. The summed E-state index contributed by atoms with van der Waals surface area (Å²) >= 11 is 0. The van der Waals surface area contributed by atoms with Gasteiger partial charge in [0, 0.05) is 6.42 Å². The number of cyclic esters (lactones) is 1. The highest BCUT2D eigenvalue weighted by Crippen LogP contribution is 2.29. The number of esters is 1. The molecule has 0 bridgehead atoms. The maximum atomic E-state index is 13.7. The third-order valence-corrected chi connectivity index (χ3v) is 9.25. The highest BCUT2D eigenvalue weighted by atomic mass is 16.6. The Hall–Kier alpha value is -5.16. The van der Waals surface area contributed by atoms with E-state index in [2.05, 4.69) is 16.0 Å². The van der Waals surface area contributed by atoms with E-state index in [0.717, 1.165) is 29.5 Å². The summed E-state index contributed by atoms with van der Waals surface area (Å²) in [6, 6.07) is 24.8. The second-order valence-corrected chi connectivity index (χ2v) is 13.3. The smallest absolute Gasteiger partial charge is 0.408 e. The summed E-state index contributed by atoms with van der Waals surface area (Å²) in [5.74, 6) is -1.34. The van der Waals surface area contributed by atoms with E-state index in [4.69, 9.17) is 14.2 Å². The zero-order chi connectivity index (χ0) is 35.9. The first-order valence-electron chi connectivity index (χ1n) is 17.6. The summed E-state index contributed by atoms with van der Waals surface area (Å²) in [7, 11) is 0. The van der Waals surface area contributed by atoms with E-state index >= 15 is 0 Å². The summed E-state index contributed by atoms with van der Waals surface area (Å²) < 4.78 is 16.9. The van der Waals surface area contributed by atoms with Crippen molar-refractivity contribution in [2.45, 2.75) is 82.2 Å². The van der Waals surface area contributed by atoms with Crippen molar-refractivity contribution >= 4 is 23.9 Å². The van der Waals surface area contributed by atoms with Crippen LogP contribution in [0.4, 0.5) is 4.79 Å². The maximum Gasteiger partial charge on any atom is 0.408 e. The first-order valence-corrected chi connectivity index (χ1v) is 17.6. The molecule has 3 atom stereocenters. The minimum Gasteiger partial charge on any atom is -0.489 e. The zero-order valence-electron chi connectivity index (χ0n) is 28.8. The summed E-state index contributed by atoms with van der Waals surface area (Å²) in [5.41, 5.74) is 2.06. The molecule has 3 aromatic rings. The third kappa shape index (κ3) is 11.7. The molecule has 0 saturated heterocycles. The van der Waals surface area contributed by atoms with Gasteiger partial charge in [-0.2, -0.15) is 0 Å². The lowest BCUT2D eigenvalue weighted by Gasteiger charge is -2.29. The Morgan fingerprint density at radius 3 is 2.16 bits per heavy atom. The molecule has 0 radical (unpaired) electrons. The average Bonchev–Trinajstić information content (AvgIpc) is 3.62. The highest BCUT2D eigenvalue weighted by Gasteiger charge is 2.36. The van der Waals surface area contributed by atoms with Crippen LogP contribution in [0.2, 0.25) is 0 Å². The monoisotopic (exact) mass is 697 g/mol. The van der Waals surface area contributed by atoms with Crippen LogP contribution in [0, 0.1) is 5.92 Å². The molecule has 0 unspecified atom stereocenters. The Kier molecular flexibility index (Phi) is 13.6. The fraction of sp³-hybridized carbons (Fsp3) is 0.400. The third-order valence-electron chi connectivity index (χ3n) is 9.25. The van der Waals surface area contributed by atoms with Crippen LogP contribution in [-0.4, -0.2) is 59.8 Å². The van der Waals surface area contributed by atoms with Crippen molar-refractivity contribution in [1.29, 1.82) is 0 Å². The lowest BCUT2D eigenvalue weighted by atomic mass is 9.95. The van der Waals surface area contributed by atoms with E-state index in [0.29, 0.717) is 31.6 Å². The van der Waals surface area contributed by atoms with E-state index in [-0.39, 0.29) is 50.9 Å². The predicted molar refractivity (Wildman–Crippen MR) is 190 cm³/mol. The number of carbonyl (C=O) groups excluding carboxylic acids is 4. The van der Waals surface area contributed by atoms with Crippen molar-refractivity contribution in [3.05, 3.63) is 114 Å². The molecule has 1 aliphatic heterocycles. The lowest BCUT2D eigenvalue weighted by Crippen LogP contribution is -2.51. The standard InChI is InChI=1S/C40H47N3O8/c44-28-40(21-9-10-22-40)43-36(45)24-32-15-7-8-16-35(42-39(48)51-26-31-13-5-2-6-14-31)38(47)50-27-33(41-37(32)46)23-29-17-19-34(20-18-29)49-25-30-11-3-1-4-12-30/h1-8,11-14,17-20,32-33,35,44H,9-10,15-16,21-28H2,(H,41,46)(H,42,48)(H,43,45)/t32-,33+,35-/m1/s1. The first-order chi connectivity index (χ1) is 24.8. The van der Waals surface area contributed by atoms with Gasteiger partial charge in [0.2, 0.25) is 11.8 Å². The van der Waals surface area contributed by atoms with Gasteiger partial charge in [-0.3, -0.25) is 9.59 Å². The fourth-order valence-corrected chi connectivity index (χ4v) is 6.34. The molecular weight excluding hydrogens is 650 g/mol. The number of ether oxygens (including phenoxy) is 3. The van der Waals surface area contributed by atoms with Crippen molar-refractivity contribution < 1.29 is 38.5 Å². The van der Waals surface area contributed by atoms with Gasteiger partial charge in [-0.15, -0.1) is 0 Å². The van der Waals surface area contributed by atoms with Crippen LogP contribution in [0.15, 0.2) is 97.1 Å². The molecule has 2 aliphatic rings. The molecule has 3 aromatic carbocycles. The van der Waals surface area contributed by atoms with Crippen molar-refractivity contribution in [1.82, 2.24) is 16.0 Å². The Labute approximate surface area is 298 Å². The highest BCUT2D eigenvalue weighted by molar-refractivity contribution is 5.86. The normalized spacial score (nSPS) is 20.5. The van der Waals surface area contributed by atoms with Gasteiger partial charge >= 0.3 is 12.1 Å². The van der Waals surface area contributed by atoms with Crippen molar-refractivity contribution in [2.24, 2.45) is 5.92 Å². The van der Waals surface area contributed by atoms with E-state index in [9.17, 15) is 24.3 Å². The van der Waals surface area contributed by atoms with E-state index < -0.39 is 35.6 Å². The van der Waals surface area contributed by atoms with Gasteiger partial charge in [0.1, 0.15) is 31.6 Å². The molecule has 1 fully saturated rings. The number of hydrogen-bond donors (Lipinski definition) is 4. The maximum absolute atomic E-state index is 13.7. The molecule has 11 heteroatoms. The molecule has 1 saturated carbocycles. The van der Waals surface area contributed by atoms with Crippen LogP contribution in [0.3, 0.4) is 0 Å². The minimum absolute atomic E-state index is 0.0375. The van der Waals surface area contributed by atoms with Gasteiger partial charge in [0.25, 0.3) is 0 Å². The zero-order valence-corrected chi connectivity index (χ0v) is 28.8. The Morgan fingerprint density at radius 1 is 0.843 bits per heavy atom. The number of alkyl carbamates (subject to hydrolysis) is 1. The summed E-state index contributed by atoms with van der Waals surface area (Å²) in [5, 5.41) is 18.6. The number of carbonyl (C=O) groups is 4. The van der Waals surface area contributed by atoms with Crippen LogP contribution in [0.5, 0.6) is 5.75 Å². The lowest BCUT2D eigenvalue weighted by molar-refractivity contribution is -0.147. The van der Waals surface area contributed by atoms with Crippen LogP contribution >= 0.6 is 0 Å². The van der Waals surface area contributed by atoms with Gasteiger partial charge in [0.05, 0.1) is 24.1 Å². The second kappa shape index (κ2) is 18.7. The number of rotatable bonds is 12. The van der Waals surface area contributed by atoms with Crippen LogP contribution in [0.25, 0.3) is 0 Å². The summed E-state index contributed by atoms with van der Waals surface area (Å²) in [6.07, 6.45) is 6.46. The Bertz CT molecular complexity index is 1610. The van der Waals surface area contributed by atoms with Crippen LogP contribution in [-0.2, 0) is 43.5 Å². The van der Waals surface area contributed by atoms with Gasteiger partial charge in [-0.1, -0.05) is 97.8 Å². The number of benzene rings is 3. The van der Waals surface area contributed by atoms with Crippen molar-refractivity contribution in [3.63, 3.8) is 0 Å². The van der Waals surface area contributed by atoms with E-state index in [1.54, 1.807) is 12.2 Å². The molecule has 11 nitrogen and oxygen atoms in total. The summed E-state index contributed by atoms with van der Waals surface area (Å²) in [4.78, 5) is 52.8. The molecule has 51 heavy (non-hydrogen) atoms. The quantitative estimate of drug-likeness (QED) is 0.154. The average molecular weight is 698 g/mol. The van der Waals surface area contributed by atoms with Gasteiger partial charge in [-0.05, 0) is 60.9 Å². The van der Waals surface area contributed by atoms with E-state index in [1.165, 1.54) is 0 Å². The molecular formula is C40H47N3O8. The molecule has 3 amide bonds. The predicted octanol–water partition coefficient (Wildman–Crippen LogP) is 4.91. The van der Waals surface area contributed by atoms with Gasteiger partial charge in [-0.25, -0.2) is 9.59 Å². The minimum atomic E-state index is -1.03. The van der Waals surface area contributed by atoms with Crippen molar-refractivity contribution in [2.75, 3.05) is 13.2 Å². The molecule has 1 heterocycles. The van der Waals surface area contributed by atoms with Crippen LogP contribution < -0.4 is 20.7 Å². The molecule has 0 spiro atoms. The topological polar surface area (TPSA) is 152 Å². The van der Waals surface area contributed by atoms with Gasteiger partial charge in [0.15, 0.2) is 0 Å². The summed E-state index contributed by atoms with van der Waals surface area (Å²) in [6.45, 7) is 0.147. The molecule has 1 aliphatic carbocycles. The number of aliphatic hydroxyl groups is 1. The Morgan fingerprint density at radius 2 is 1.49 bits per heavy atom. The molecule has 0 aromatic heterocycles. The number of hydrogen-bond acceptors (Lipinski definition) is 8. The molecule has 5 rings (SSSR count). The fourth-order valence-electron chi connectivity index (χ4n) is 6.34. The number of nitrogens with one attached hydrogen (secondary N) is 3. The van der Waals surface area contributed by atoms with Gasteiger partial charge < -0.3 is 35.3 Å². The Balaban J connectivity index is 1.27. The van der Waals surface area contributed by atoms with E-state index in [1.807, 2.05) is 84.9 Å². The first kappa shape index (κ1) is 37.1. The van der Waals surface area contributed by atoms with Crippen molar-refractivity contribution in [3.8, 4) is 5.75 Å². The number of allylic oxidation sites excluding steroid dienone is 1. The number of aliphatic hydroxyl groups excluding tert-OH is 1. The largest absolute Gasteiger partial charge is 0.489 e. The molecule has 4 N–H and O–H groups in total. The molecule has 270 valence electrons. The second-order valence-electron chi connectivity index (χ2n) is 13.3. The van der Waals surface area contributed by atoms with Crippen LogP contribution in [0.1, 0.15) is 61.6 Å².